The van der Waals surface area contributed by atoms with Gasteiger partial charge >= 0.3 is 0 Å². The minimum Gasteiger partial charge on any atom is -0.389 e. The molecule has 1 heterocycles. The molecule has 1 aliphatic rings. The molecule has 0 saturated heterocycles. The van der Waals surface area contributed by atoms with Gasteiger partial charge in [-0.3, -0.25) is 0 Å². The van der Waals surface area contributed by atoms with Gasteiger partial charge in [-0.25, -0.2) is 4.98 Å². The van der Waals surface area contributed by atoms with Crippen LogP contribution in [0.15, 0.2) is 5.51 Å². The van der Waals surface area contributed by atoms with Crippen LogP contribution in [0.25, 0.3) is 0 Å². The average Bonchev–Trinajstić information content (AvgIpc) is 3.09. The highest BCUT2D eigenvalue weighted by atomic mass is 32.1. The number of aliphatic hydroxyl groups is 1. The van der Waals surface area contributed by atoms with Crippen molar-refractivity contribution in [3.63, 3.8) is 0 Å². The molecule has 1 aliphatic carbocycles. The summed E-state index contributed by atoms with van der Waals surface area (Å²) in [4.78, 5) is 5.49. The Kier molecular flexibility index (Phi) is 6.61. The molecule has 1 aromatic heterocycles. The van der Waals surface area contributed by atoms with E-state index in [0.29, 0.717) is 25.2 Å². The number of hydrogen-bond donors (Lipinski definition) is 2. The van der Waals surface area contributed by atoms with E-state index in [1.165, 1.54) is 30.6 Å². The van der Waals surface area contributed by atoms with Gasteiger partial charge in [0, 0.05) is 24.4 Å². The third kappa shape index (κ3) is 5.66. The zero-order chi connectivity index (χ0) is 15.1. The number of aliphatic hydroxyl groups excluding tert-OH is 1. The summed E-state index contributed by atoms with van der Waals surface area (Å²) in [6.45, 7) is 7.00. The van der Waals surface area contributed by atoms with Gasteiger partial charge in [-0.15, -0.1) is 11.3 Å². The second kappa shape index (κ2) is 8.22. The normalized spacial score (nSPS) is 17.9. The van der Waals surface area contributed by atoms with Crippen LogP contribution < -0.4 is 5.32 Å². The molecule has 1 fully saturated rings. The van der Waals surface area contributed by atoms with Crippen LogP contribution in [0.1, 0.15) is 43.2 Å². The lowest BCUT2D eigenvalue weighted by atomic mass is 10.0. The molecule has 0 amide bonds. The minimum atomic E-state index is -0.412. The zero-order valence-corrected chi connectivity index (χ0v) is 14.0. The lowest BCUT2D eigenvalue weighted by Gasteiger charge is -2.17. The number of aromatic nitrogens is 1. The molecule has 0 aromatic carbocycles. The van der Waals surface area contributed by atoms with Crippen molar-refractivity contribution in [2.45, 2.75) is 52.1 Å². The van der Waals surface area contributed by atoms with Crippen molar-refractivity contribution < 1.29 is 9.84 Å². The van der Waals surface area contributed by atoms with Crippen molar-refractivity contribution in [1.29, 1.82) is 0 Å². The summed E-state index contributed by atoms with van der Waals surface area (Å²) in [7, 11) is 0. The number of thiazole rings is 1. The molecule has 0 radical (unpaired) electrons. The SMILES string of the molecule is CCCC1(CNCC(O)COCCc2scnc2C)CC1. The molecule has 4 nitrogen and oxygen atoms in total. The van der Waals surface area contributed by atoms with Crippen LogP contribution in [0.2, 0.25) is 0 Å². The number of nitrogens with zero attached hydrogens (tertiary/aromatic N) is 1. The van der Waals surface area contributed by atoms with Crippen molar-refractivity contribution in [3.05, 3.63) is 16.1 Å². The molecule has 0 bridgehead atoms. The van der Waals surface area contributed by atoms with Gasteiger partial charge in [-0.2, -0.15) is 0 Å². The maximum atomic E-state index is 9.91. The van der Waals surface area contributed by atoms with Crippen LogP contribution in [0, 0.1) is 12.3 Å². The van der Waals surface area contributed by atoms with Crippen LogP contribution in [0.3, 0.4) is 0 Å². The summed E-state index contributed by atoms with van der Waals surface area (Å²) in [6, 6.07) is 0. The Morgan fingerprint density at radius 3 is 2.95 bits per heavy atom. The second-order valence-corrected chi connectivity index (χ2v) is 7.16. The first-order chi connectivity index (χ1) is 10.2. The highest BCUT2D eigenvalue weighted by molar-refractivity contribution is 7.09. The lowest BCUT2D eigenvalue weighted by Crippen LogP contribution is -2.34. The number of ether oxygens (including phenoxy) is 1. The van der Waals surface area contributed by atoms with E-state index in [1.807, 2.05) is 12.4 Å². The zero-order valence-electron chi connectivity index (χ0n) is 13.2. The molecule has 0 aliphatic heterocycles. The number of aryl methyl sites for hydroxylation is 1. The van der Waals surface area contributed by atoms with E-state index in [2.05, 4.69) is 17.2 Å². The Bertz CT molecular complexity index is 418. The Morgan fingerprint density at radius 1 is 1.52 bits per heavy atom. The van der Waals surface area contributed by atoms with Crippen molar-refractivity contribution in [3.8, 4) is 0 Å². The number of nitrogens with one attached hydrogen (secondary N) is 1. The summed E-state index contributed by atoms with van der Waals surface area (Å²) >= 11 is 1.67. The predicted octanol–water partition coefficient (Wildman–Crippen LogP) is 2.54. The van der Waals surface area contributed by atoms with Gasteiger partial charge < -0.3 is 15.2 Å². The highest BCUT2D eigenvalue weighted by Crippen LogP contribution is 2.48. The molecule has 1 unspecified atom stereocenters. The van der Waals surface area contributed by atoms with Crippen molar-refractivity contribution in [2.24, 2.45) is 5.41 Å². The Hall–Kier alpha value is -0.490. The summed E-state index contributed by atoms with van der Waals surface area (Å²) in [5, 5.41) is 13.3. The van der Waals surface area contributed by atoms with E-state index in [-0.39, 0.29) is 0 Å². The van der Waals surface area contributed by atoms with Crippen LogP contribution >= 0.6 is 11.3 Å². The molecular weight excluding hydrogens is 284 g/mol. The molecule has 120 valence electrons. The molecule has 2 rings (SSSR count). The fourth-order valence-corrected chi connectivity index (χ4v) is 3.50. The van der Waals surface area contributed by atoms with Crippen LogP contribution in [-0.2, 0) is 11.2 Å². The molecule has 1 aromatic rings. The summed E-state index contributed by atoms with van der Waals surface area (Å²) in [5.74, 6) is 0. The molecule has 0 spiro atoms. The third-order valence-corrected chi connectivity index (χ3v) is 5.24. The first kappa shape index (κ1) is 16.9. The second-order valence-electron chi connectivity index (χ2n) is 6.22. The maximum absolute atomic E-state index is 9.91. The van der Waals surface area contributed by atoms with Crippen LogP contribution in [0.4, 0.5) is 0 Å². The van der Waals surface area contributed by atoms with Gasteiger partial charge in [0.1, 0.15) is 0 Å². The van der Waals surface area contributed by atoms with E-state index < -0.39 is 6.10 Å². The van der Waals surface area contributed by atoms with Gasteiger partial charge in [0.2, 0.25) is 0 Å². The van der Waals surface area contributed by atoms with Gasteiger partial charge in [-0.1, -0.05) is 13.3 Å². The van der Waals surface area contributed by atoms with E-state index in [4.69, 9.17) is 4.74 Å². The molecule has 2 N–H and O–H groups in total. The monoisotopic (exact) mass is 312 g/mol. The Balaban J connectivity index is 1.50. The quantitative estimate of drug-likeness (QED) is 0.617. The van der Waals surface area contributed by atoms with Gasteiger partial charge in [0.05, 0.1) is 30.5 Å². The predicted molar refractivity (Wildman–Crippen MR) is 86.8 cm³/mol. The first-order valence-electron chi connectivity index (χ1n) is 8.01. The molecule has 1 saturated carbocycles. The van der Waals surface area contributed by atoms with Crippen molar-refractivity contribution in [1.82, 2.24) is 10.3 Å². The smallest absolute Gasteiger partial charge is 0.0897 e. The van der Waals surface area contributed by atoms with Crippen molar-refractivity contribution >= 4 is 11.3 Å². The lowest BCUT2D eigenvalue weighted by molar-refractivity contribution is 0.0379. The van der Waals surface area contributed by atoms with Crippen LogP contribution in [0.5, 0.6) is 0 Å². The van der Waals surface area contributed by atoms with Gasteiger partial charge in [-0.05, 0) is 31.6 Å². The Labute approximate surface area is 131 Å². The molecule has 1 atom stereocenters. The first-order valence-corrected chi connectivity index (χ1v) is 8.89. The van der Waals surface area contributed by atoms with Crippen LogP contribution in [-0.4, -0.2) is 42.5 Å². The fraction of sp³-hybridized carbons (Fsp3) is 0.812. The fourth-order valence-electron chi connectivity index (χ4n) is 2.74. The number of hydrogen-bond acceptors (Lipinski definition) is 5. The average molecular weight is 312 g/mol. The molecular formula is C16H28N2O2S. The van der Waals surface area contributed by atoms with E-state index in [9.17, 15) is 5.11 Å². The summed E-state index contributed by atoms with van der Waals surface area (Å²) in [6.07, 6.45) is 5.72. The number of rotatable bonds is 11. The maximum Gasteiger partial charge on any atom is 0.0897 e. The van der Waals surface area contributed by atoms with E-state index >= 15 is 0 Å². The van der Waals surface area contributed by atoms with Gasteiger partial charge in [0.15, 0.2) is 0 Å². The molecule has 21 heavy (non-hydrogen) atoms. The topological polar surface area (TPSA) is 54.4 Å². The summed E-state index contributed by atoms with van der Waals surface area (Å²) in [5.41, 5.74) is 3.50. The minimum absolute atomic E-state index is 0.408. The van der Waals surface area contributed by atoms with E-state index in [1.54, 1.807) is 11.3 Å². The summed E-state index contributed by atoms with van der Waals surface area (Å²) < 4.78 is 5.56. The highest BCUT2D eigenvalue weighted by Gasteiger charge is 2.40. The van der Waals surface area contributed by atoms with Crippen molar-refractivity contribution in [2.75, 3.05) is 26.3 Å². The third-order valence-electron chi connectivity index (χ3n) is 4.25. The largest absolute Gasteiger partial charge is 0.389 e. The van der Waals surface area contributed by atoms with E-state index in [0.717, 1.165) is 18.7 Å². The molecule has 5 heteroatoms. The Morgan fingerprint density at radius 2 is 2.33 bits per heavy atom. The standard InChI is InChI=1S/C16H28N2O2S/c1-3-5-16(6-7-16)11-17-9-14(19)10-20-8-4-15-13(2)18-12-21-15/h12,14,17,19H,3-11H2,1-2H3. The van der Waals surface area contributed by atoms with Gasteiger partial charge in [0.25, 0.3) is 0 Å².